The molecule has 0 atom stereocenters. The minimum Gasteiger partial charge on any atom is -0.461 e. The lowest BCUT2D eigenvalue weighted by atomic mass is 10.0. The van der Waals surface area contributed by atoms with E-state index in [1.54, 1.807) is 12.3 Å². The van der Waals surface area contributed by atoms with E-state index in [0.717, 1.165) is 17.1 Å². The van der Waals surface area contributed by atoms with Gasteiger partial charge in [0.25, 0.3) is 0 Å². The standard InChI is InChI=1S/C18H20N2O2S/c1-4-22-17(21)15-11-23-18(19-15)20-10-13(9-12(2)3)14-7-5-6-8-16(14)20/h5-8,10-12H,4,9H2,1-3H3. The van der Waals surface area contributed by atoms with Gasteiger partial charge in [-0.25, -0.2) is 9.78 Å². The van der Waals surface area contributed by atoms with E-state index >= 15 is 0 Å². The molecule has 0 amide bonds. The summed E-state index contributed by atoms with van der Waals surface area (Å²) in [6.45, 7) is 6.59. The highest BCUT2D eigenvalue weighted by Crippen LogP contribution is 2.28. The number of carbonyl (C=O) groups excluding carboxylic acids is 1. The number of hydrogen-bond acceptors (Lipinski definition) is 4. The molecule has 3 aromatic rings. The normalized spacial score (nSPS) is 11.3. The zero-order chi connectivity index (χ0) is 16.4. The Hall–Kier alpha value is -2.14. The van der Waals surface area contributed by atoms with Crippen LogP contribution in [0.15, 0.2) is 35.8 Å². The molecule has 0 saturated carbocycles. The van der Waals surface area contributed by atoms with Crippen molar-refractivity contribution < 1.29 is 9.53 Å². The Kier molecular flexibility index (Phi) is 4.48. The summed E-state index contributed by atoms with van der Waals surface area (Å²) in [6.07, 6.45) is 3.15. The Morgan fingerprint density at radius 3 is 2.87 bits per heavy atom. The van der Waals surface area contributed by atoms with E-state index in [1.165, 1.54) is 22.3 Å². The first-order valence-corrected chi connectivity index (χ1v) is 8.70. The first-order valence-electron chi connectivity index (χ1n) is 7.82. The van der Waals surface area contributed by atoms with Crippen molar-refractivity contribution in [1.29, 1.82) is 0 Å². The quantitative estimate of drug-likeness (QED) is 0.649. The van der Waals surface area contributed by atoms with Crippen LogP contribution in [0.3, 0.4) is 0 Å². The molecule has 0 fully saturated rings. The SMILES string of the molecule is CCOC(=O)c1csc(-n2cc(CC(C)C)c3ccccc32)n1. The summed E-state index contributed by atoms with van der Waals surface area (Å²) >= 11 is 1.45. The van der Waals surface area contributed by atoms with E-state index < -0.39 is 0 Å². The zero-order valence-electron chi connectivity index (χ0n) is 13.6. The first kappa shape index (κ1) is 15.7. The second-order valence-electron chi connectivity index (χ2n) is 5.88. The summed E-state index contributed by atoms with van der Waals surface area (Å²) in [5.41, 5.74) is 2.80. The van der Waals surface area contributed by atoms with Crippen molar-refractivity contribution in [2.45, 2.75) is 27.2 Å². The predicted octanol–water partition coefficient (Wildman–Crippen LogP) is 4.46. The zero-order valence-corrected chi connectivity index (χ0v) is 14.4. The van der Waals surface area contributed by atoms with Gasteiger partial charge >= 0.3 is 5.97 Å². The molecule has 0 spiro atoms. The van der Waals surface area contributed by atoms with Gasteiger partial charge in [-0.3, -0.25) is 4.57 Å². The third kappa shape index (κ3) is 3.15. The molecule has 0 bridgehead atoms. The molecule has 0 aliphatic heterocycles. The molecule has 0 aliphatic rings. The van der Waals surface area contributed by atoms with Crippen molar-refractivity contribution in [3.63, 3.8) is 0 Å². The second-order valence-corrected chi connectivity index (χ2v) is 6.71. The Morgan fingerprint density at radius 2 is 2.13 bits per heavy atom. The van der Waals surface area contributed by atoms with Gasteiger partial charge in [-0.2, -0.15) is 0 Å². The molecule has 0 unspecified atom stereocenters. The smallest absolute Gasteiger partial charge is 0.357 e. The topological polar surface area (TPSA) is 44.1 Å². The highest BCUT2D eigenvalue weighted by Gasteiger charge is 2.16. The molecule has 5 heteroatoms. The maximum atomic E-state index is 11.8. The third-order valence-electron chi connectivity index (χ3n) is 3.61. The Morgan fingerprint density at radius 1 is 1.35 bits per heavy atom. The van der Waals surface area contributed by atoms with Crippen LogP contribution < -0.4 is 0 Å². The highest BCUT2D eigenvalue weighted by atomic mass is 32.1. The minimum atomic E-state index is -0.367. The summed E-state index contributed by atoms with van der Waals surface area (Å²) in [4.78, 5) is 16.3. The van der Waals surface area contributed by atoms with Crippen molar-refractivity contribution in [3.8, 4) is 5.13 Å². The largest absolute Gasteiger partial charge is 0.461 e. The first-order chi connectivity index (χ1) is 11.1. The van der Waals surface area contributed by atoms with Crippen LogP contribution in [-0.4, -0.2) is 22.1 Å². The average molecular weight is 328 g/mol. The van der Waals surface area contributed by atoms with Crippen molar-refractivity contribution >= 4 is 28.2 Å². The summed E-state index contributed by atoms with van der Waals surface area (Å²) in [6, 6.07) is 8.31. The second kappa shape index (κ2) is 6.54. The number of aromatic nitrogens is 2. The van der Waals surface area contributed by atoms with Gasteiger partial charge in [-0.1, -0.05) is 32.0 Å². The molecular formula is C18H20N2O2S. The fraction of sp³-hybridized carbons (Fsp3) is 0.333. The van der Waals surface area contributed by atoms with Crippen molar-refractivity contribution in [2.75, 3.05) is 6.61 Å². The van der Waals surface area contributed by atoms with Crippen LogP contribution in [0.25, 0.3) is 16.0 Å². The lowest BCUT2D eigenvalue weighted by Crippen LogP contribution is -2.05. The number of carbonyl (C=O) groups is 1. The molecule has 23 heavy (non-hydrogen) atoms. The van der Waals surface area contributed by atoms with E-state index in [9.17, 15) is 4.79 Å². The van der Waals surface area contributed by atoms with Gasteiger partial charge in [-0.05, 0) is 30.9 Å². The molecular weight excluding hydrogens is 308 g/mol. The average Bonchev–Trinajstić information content (AvgIpc) is 3.13. The number of nitrogens with zero attached hydrogens (tertiary/aromatic N) is 2. The molecule has 0 radical (unpaired) electrons. The molecule has 2 aromatic heterocycles. The van der Waals surface area contributed by atoms with Crippen molar-refractivity contribution in [3.05, 3.63) is 47.1 Å². The fourth-order valence-corrected chi connectivity index (χ4v) is 3.47. The summed E-state index contributed by atoms with van der Waals surface area (Å²) in [5.74, 6) is 0.217. The minimum absolute atomic E-state index is 0.358. The summed E-state index contributed by atoms with van der Waals surface area (Å²) < 4.78 is 7.09. The molecule has 0 aliphatic carbocycles. The van der Waals surface area contributed by atoms with Crippen LogP contribution in [0.5, 0.6) is 0 Å². The van der Waals surface area contributed by atoms with Crippen LogP contribution in [0, 0.1) is 5.92 Å². The van der Waals surface area contributed by atoms with Gasteiger partial charge in [0.15, 0.2) is 10.8 Å². The number of ether oxygens (including phenoxy) is 1. The molecule has 4 nitrogen and oxygen atoms in total. The van der Waals surface area contributed by atoms with Crippen LogP contribution in [0.4, 0.5) is 0 Å². The maximum Gasteiger partial charge on any atom is 0.357 e. The Labute approximate surface area is 139 Å². The molecule has 0 saturated heterocycles. The number of rotatable bonds is 5. The van der Waals surface area contributed by atoms with Crippen LogP contribution in [0.1, 0.15) is 36.8 Å². The highest BCUT2D eigenvalue weighted by molar-refractivity contribution is 7.12. The van der Waals surface area contributed by atoms with E-state index in [0.29, 0.717) is 18.2 Å². The lowest BCUT2D eigenvalue weighted by molar-refractivity contribution is 0.0520. The Balaban J connectivity index is 2.04. The molecule has 3 rings (SSSR count). The third-order valence-corrected chi connectivity index (χ3v) is 4.45. The molecule has 0 N–H and O–H groups in total. The lowest BCUT2D eigenvalue weighted by Gasteiger charge is -2.01. The molecule has 2 heterocycles. The van der Waals surface area contributed by atoms with Gasteiger partial charge < -0.3 is 4.74 Å². The van der Waals surface area contributed by atoms with Crippen LogP contribution in [-0.2, 0) is 11.2 Å². The van der Waals surface area contributed by atoms with Gasteiger partial charge in [-0.15, -0.1) is 11.3 Å². The van der Waals surface area contributed by atoms with Gasteiger partial charge in [0.1, 0.15) is 0 Å². The van der Waals surface area contributed by atoms with E-state index in [-0.39, 0.29) is 5.97 Å². The number of benzene rings is 1. The van der Waals surface area contributed by atoms with Gasteiger partial charge in [0.05, 0.1) is 12.1 Å². The number of esters is 1. The number of thiazole rings is 1. The Bertz CT molecular complexity index is 833. The van der Waals surface area contributed by atoms with E-state index in [2.05, 4.69) is 47.8 Å². The van der Waals surface area contributed by atoms with Crippen molar-refractivity contribution in [1.82, 2.24) is 9.55 Å². The van der Waals surface area contributed by atoms with Crippen LogP contribution in [0.2, 0.25) is 0 Å². The fourth-order valence-electron chi connectivity index (χ4n) is 2.68. The monoisotopic (exact) mass is 328 g/mol. The predicted molar refractivity (Wildman–Crippen MR) is 93.4 cm³/mol. The maximum absolute atomic E-state index is 11.8. The summed E-state index contributed by atoms with van der Waals surface area (Å²) in [5, 5.41) is 3.79. The van der Waals surface area contributed by atoms with E-state index in [1.807, 2.05) is 6.07 Å². The number of para-hydroxylation sites is 1. The van der Waals surface area contributed by atoms with Gasteiger partial charge in [0, 0.05) is 17.0 Å². The van der Waals surface area contributed by atoms with E-state index in [4.69, 9.17) is 4.74 Å². The number of fused-ring (bicyclic) bond motifs is 1. The van der Waals surface area contributed by atoms with Crippen molar-refractivity contribution in [2.24, 2.45) is 5.92 Å². The van der Waals surface area contributed by atoms with Crippen LogP contribution >= 0.6 is 11.3 Å². The van der Waals surface area contributed by atoms with Gasteiger partial charge in [0.2, 0.25) is 0 Å². The molecule has 120 valence electrons. The summed E-state index contributed by atoms with van der Waals surface area (Å²) in [7, 11) is 0. The number of hydrogen-bond donors (Lipinski definition) is 0. The molecule has 1 aromatic carbocycles.